The number of rotatable bonds is 12. The molecule has 0 spiro atoms. The maximum atomic E-state index is 12.9. The number of hydrogen-bond acceptors (Lipinski definition) is 6. The molecule has 4 N–H and O–H groups in total. The van der Waals surface area contributed by atoms with E-state index < -0.39 is 29.8 Å². The van der Waals surface area contributed by atoms with E-state index in [-0.39, 0.29) is 31.0 Å². The highest BCUT2D eigenvalue weighted by molar-refractivity contribution is 5.89. The zero-order valence-corrected chi connectivity index (χ0v) is 22.3. The minimum absolute atomic E-state index is 0.149. The van der Waals surface area contributed by atoms with Crippen molar-refractivity contribution >= 4 is 24.1 Å². The summed E-state index contributed by atoms with van der Waals surface area (Å²) in [5.41, 5.74) is 1.89. The third-order valence-electron chi connectivity index (χ3n) is 5.39. The highest BCUT2D eigenvalue weighted by atomic mass is 16.6. The van der Waals surface area contributed by atoms with Crippen molar-refractivity contribution in [2.75, 3.05) is 13.1 Å². The minimum atomic E-state index is -0.989. The molecule has 0 unspecified atom stereocenters. The molecule has 0 bridgehead atoms. The van der Waals surface area contributed by atoms with Crippen molar-refractivity contribution in [2.24, 2.45) is 0 Å². The van der Waals surface area contributed by atoms with Crippen LogP contribution in [0, 0.1) is 6.92 Å². The predicted octanol–water partition coefficient (Wildman–Crippen LogP) is 3.95. The van der Waals surface area contributed by atoms with Gasteiger partial charge in [-0.2, -0.15) is 0 Å². The number of alkyl carbamates (subject to hydrolysis) is 2. The van der Waals surface area contributed by atoms with Gasteiger partial charge in [-0.1, -0.05) is 42.5 Å². The number of ether oxygens (including phenoxy) is 2. The lowest BCUT2D eigenvalue weighted by Gasteiger charge is -2.23. The first-order valence-electron chi connectivity index (χ1n) is 12.5. The highest BCUT2D eigenvalue weighted by Crippen LogP contribution is 2.12. The van der Waals surface area contributed by atoms with Crippen LogP contribution in [0.3, 0.4) is 0 Å². The monoisotopic (exact) mass is 527 g/mol. The van der Waals surface area contributed by atoms with Gasteiger partial charge in [-0.3, -0.25) is 4.79 Å². The number of carbonyl (C=O) groups is 4. The summed E-state index contributed by atoms with van der Waals surface area (Å²) in [5.74, 6) is -1.38. The van der Waals surface area contributed by atoms with Gasteiger partial charge in [-0.15, -0.1) is 0 Å². The molecule has 38 heavy (non-hydrogen) atoms. The molecule has 0 aliphatic carbocycles. The number of aryl methyl sites for hydroxylation is 1. The molecule has 0 heterocycles. The van der Waals surface area contributed by atoms with Crippen LogP contribution in [0.4, 0.5) is 9.59 Å². The molecule has 0 aliphatic rings. The standard InChI is InChI=1S/C28H37N3O7/c1-19-17-20(12-13-22(19)25(33)34)14-16-29-24(32)23(31-27(36)38-28(2,3)4)11-8-15-30-26(35)37-18-21-9-6-5-7-10-21/h5-7,9-10,12-13,17,23H,8,11,14-16,18H2,1-4H3,(H,29,32)(H,30,35)(H,31,36)(H,33,34)/t23-/m0/s1. The molecule has 0 radical (unpaired) electrons. The topological polar surface area (TPSA) is 143 Å². The van der Waals surface area contributed by atoms with Gasteiger partial charge in [-0.05, 0) is 69.7 Å². The Bertz CT molecular complexity index is 1100. The van der Waals surface area contributed by atoms with Gasteiger partial charge in [0.25, 0.3) is 0 Å². The van der Waals surface area contributed by atoms with E-state index in [2.05, 4.69) is 16.0 Å². The summed E-state index contributed by atoms with van der Waals surface area (Å²) in [6.07, 6.45) is -0.131. The molecule has 0 aromatic heterocycles. The summed E-state index contributed by atoms with van der Waals surface area (Å²) in [7, 11) is 0. The van der Waals surface area contributed by atoms with Gasteiger partial charge in [0.15, 0.2) is 0 Å². The molecule has 0 aliphatic heterocycles. The summed E-state index contributed by atoms with van der Waals surface area (Å²) in [4.78, 5) is 48.3. The Hall–Kier alpha value is -4.08. The van der Waals surface area contributed by atoms with Crippen LogP contribution in [-0.4, -0.2) is 53.9 Å². The Morgan fingerprint density at radius 2 is 1.63 bits per heavy atom. The number of amides is 3. The quantitative estimate of drug-likeness (QED) is 0.306. The maximum absolute atomic E-state index is 12.9. The lowest BCUT2D eigenvalue weighted by atomic mass is 10.0. The largest absolute Gasteiger partial charge is 0.478 e. The molecule has 0 saturated carbocycles. The van der Waals surface area contributed by atoms with Crippen LogP contribution in [0.2, 0.25) is 0 Å². The van der Waals surface area contributed by atoms with Crippen LogP contribution in [0.1, 0.15) is 60.7 Å². The second-order valence-electron chi connectivity index (χ2n) is 9.83. The minimum Gasteiger partial charge on any atom is -0.478 e. The van der Waals surface area contributed by atoms with Crippen LogP contribution in [-0.2, 0) is 27.3 Å². The Balaban J connectivity index is 1.85. The number of carboxylic acids is 1. The summed E-state index contributed by atoms with van der Waals surface area (Å²) in [6, 6.07) is 13.4. The molecule has 0 saturated heterocycles. The van der Waals surface area contributed by atoms with Crippen molar-refractivity contribution < 1.29 is 33.8 Å². The first-order valence-corrected chi connectivity index (χ1v) is 12.5. The average molecular weight is 528 g/mol. The van der Waals surface area contributed by atoms with E-state index >= 15 is 0 Å². The number of benzene rings is 2. The predicted molar refractivity (Wildman–Crippen MR) is 142 cm³/mol. The average Bonchev–Trinajstić information content (AvgIpc) is 2.84. The van der Waals surface area contributed by atoms with Gasteiger partial charge in [-0.25, -0.2) is 14.4 Å². The first-order chi connectivity index (χ1) is 17.9. The van der Waals surface area contributed by atoms with E-state index in [1.165, 1.54) is 0 Å². The molecule has 0 fully saturated rings. The summed E-state index contributed by atoms with van der Waals surface area (Å²) in [5, 5.41) is 17.2. The Morgan fingerprint density at radius 1 is 0.921 bits per heavy atom. The normalized spacial score (nSPS) is 11.7. The zero-order chi connectivity index (χ0) is 28.1. The SMILES string of the molecule is Cc1cc(CCNC(=O)[C@H](CCCNC(=O)OCc2ccccc2)NC(=O)OC(C)(C)C)ccc1C(=O)O. The summed E-state index contributed by atoms with van der Waals surface area (Å²) < 4.78 is 10.5. The molecule has 2 aromatic rings. The fourth-order valence-electron chi connectivity index (χ4n) is 3.56. The van der Waals surface area contributed by atoms with E-state index in [1.807, 2.05) is 30.3 Å². The van der Waals surface area contributed by atoms with Gasteiger partial charge in [0, 0.05) is 13.1 Å². The Kier molecular flexibility index (Phi) is 11.6. The fourth-order valence-corrected chi connectivity index (χ4v) is 3.56. The molecular formula is C28H37N3O7. The lowest BCUT2D eigenvalue weighted by Crippen LogP contribution is -2.48. The van der Waals surface area contributed by atoms with E-state index in [0.717, 1.165) is 11.1 Å². The zero-order valence-electron chi connectivity index (χ0n) is 22.3. The van der Waals surface area contributed by atoms with Crippen molar-refractivity contribution in [3.8, 4) is 0 Å². The molecule has 2 aromatic carbocycles. The van der Waals surface area contributed by atoms with E-state index in [9.17, 15) is 24.3 Å². The smallest absolute Gasteiger partial charge is 0.408 e. The fraction of sp³-hybridized carbons (Fsp3) is 0.429. The van der Waals surface area contributed by atoms with Gasteiger partial charge in [0.05, 0.1) is 5.56 Å². The summed E-state index contributed by atoms with van der Waals surface area (Å²) >= 11 is 0. The van der Waals surface area contributed by atoms with Crippen LogP contribution in [0.25, 0.3) is 0 Å². The lowest BCUT2D eigenvalue weighted by molar-refractivity contribution is -0.123. The van der Waals surface area contributed by atoms with E-state index in [0.29, 0.717) is 24.9 Å². The molecule has 2 rings (SSSR count). The third-order valence-corrected chi connectivity index (χ3v) is 5.39. The number of aromatic carboxylic acids is 1. The van der Waals surface area contributed by atoms with E-state index in [4.69, 9.17) is 9.47 Å². The van der Waals surface area contributed by atoms with Gasteiger partial charge in [0.1, 0.15) is 18.2 Å². The Morgan fingerprint density at radius 3 is 2.26 bits per heavy atom. The van der Waals surface area contributed by atoms with Crippen molar-refractivity contribution in [3.63, 3.8) is 0 Å². The first kappa shape index (κ1) is 30.1. The molecule has 1 atom stereocenters. The second-order valence-corrected chi connectivity index (χ2v) is 9.83. The molecule has 10 heteroatoms. The highest BCUT2D eigenvalue weighted by Gasteiger charge is 2.24. The number of carboxylic acid groups (broad SMARTS) is 1. The van der Waals surface area contributed by atoms with Crippen molar-refractivity contribution in [1.82, 2.24) is 16.0 Å². The Labute approximate surface area is 223 Å². The van der Waals surface area contributed by atoms with Crippen LogP contribution in [0.15, 0.2) is 48.5 Å². The summed E-state index contributed by atoms with van der Waals surface area (Å²) in [6.45, 7) is 7.59. The van der Waals surface area contributed by atoms with Crippen molar-refractivity contribution in [2.45, 2.75) is 65.2 Å². The van der Waals surface area contributed by atoms with Gasteiger partial charge < -0.3 is 30.5 Å². The molecule has 206 valence electrons. The molecular weight excluding hydrogens is 490 g/mol. The van der Waals surface area contributed by atoms with Gasteiger partial charge in [0.2, 0.25) is 5.91 Å². The van der Waals surface area contributed by atoms with Crippen molar-refractivity contribution in [3.05, 3.63) is 70.8 Å². The van der Waals surface area contributed by atoms with Crippen LogP contribution in [0.5, 0.6) is 0 Å². The van der Waals surface area contributed by atoms with Crippen molar-refractivity contribution in [1.29, 1.82) is 0 Å². The second kappa shape index (κ2) is 14.6. The third kappa shape index (κ3) is 11.3. The number of nitrogens with one attached hydrogen (secondary N) is 3. The number of hydrogen-bond donors (Lipinski definition) is 4. The molecule has 3 amide bonds. The maximum Gasteiger partial charge on any atom is 0.408 e. The van der Waals surface area contributed by atoms with E-state index in [1.54, 1.807) is 45.9 Å². The number of carbonyl (C=O) groups excluding carboxylic acids is 3. The van der Waals surface area contributed by atoms with Crippen LogP contribution < -0.4 is 16.0 Å². The molecule has 10 nitrogen and oxygen atoms in total. The van der Waals surface area contributed by atoms with Gasteiger partial charge >= 0.3 is 18.2 Å². The van der Waals surface area contributed by atoms with Crippen LogP contribution >= 0.6 is 0 Å².